The number of hydrogen-bond donors (Lipinski definition) is 3. The highest BCUT2D eigenvalue weighted by atomic mass is 35.5. The normalized spacial score (nSPS) is 10.2. The average molecular weight is 429 g/mol. The zero-order chi connectivity index (χ0) is 21.3. The fourth-order valence-corrected chi connectivity index (χ4v) is 2.63. The van der Waals surface area contributed by atoms with Gasteiger partial charge in [0.25, 0.3) is 5.91 Å². The summed E-state index contributed by atoms with van der Waals surface area (Å²) in [7, 11) is 0. The number of nitrogens with one attached hydrogen (secondary N) is 3. The number of hydrogen-bond acceptors (Lipinski definition) is 8. The number of aromatic nitrogens is 2. The van der Waals surface area contributed by atoms with Gasteiger partial charge in [-0.3, -0.25) is 25.8 Å². The molecule has 0 aliphatic heterocycles. The smallest absolute Gasteiger partial charge is 0.354 e. The van der Waals surface area contributed by atoms with Gasteiger partial charge in [0.1, 0.15) is 12.1 Å². The monoisotopic (exact) mass is 428 g/mol. The van der Waals surface area contributed by atoms with E-state index < -0.39 is 16.5 Å². The zero-order valence-electron chi connectivity index (χ0n) is 15.5. The van der Waals surface area contributed by atoms with E-state index in [1.165, 1.54) is 0 Å². The first-order valence-electron chi connectivity index (χ1n) is 8.74. The Labute approximate surface area is 176 Å². The molecular formula is C19H17ClN6O4. The van der Waals surface area contributed by atoms with E-state index in [4.69, 9.17) is 16.3 Å². The van der Waals surface area contributed by atoms with Gasteiger partial charge < -0.3 is 10.1 Å². The predicted octanol–water partition coefficient (Wildman–Crippen LogP) is 3.17. The van der Waals surface area contributed by atoms with Gasteiger partial charge in [-0.1, -0.05) is 48.0 Å². The van der Waals surface area contributed by atoms with E-state index in [-0.39, 0.29) is 24.8 Å². The van der Waals surface area contributed by atoms with Gasteiger partial charge in [-0.25, -0.2) is 9.97 Å². The number of nitro groups is 1. The molecule has 0 aliphatic rings. The molecule has 11 heteroatoms. The molecule has 1 aromatic heterocycles. The van der Waals surface area contributed by atoms with E-state index in [0.717, 1.165) is 11.9 Å². The summed E-state index contributed by atoms with van der Waals surface area (Å²) in [5, 5.41) is 14.9. The Morgan fingerprint density at radius 3 is 2.50 bits per heavy atom. The Balaban J connectivity index is 1.64. The number of nitrogens with zero attached hydrogens (tertiary/aromatic N) is 3. The third-order valence-electron chi connectivity index (χ3n) is 3.84. The minimum absolute atomic E-state index is 0.0211. The van der Waals surface area contributed by atoms with E-state index in [9.17, 15) is 14.9 Å². The van der Waals surface area contributed by atoms with Crippen molar-refractivity contribution in [3.8, 4) is 5.75 Å². The number of benzene rings is 2. The van der Waals surface area contributed by atoms with Crippen LogP contribution in [0.1, 0.15) is 5.56 Å². The second-order valence-corrected chi connectivity index (χ2v) is 6.30. The molecule has 1 heterocycles. The number of anilines is 2. The van der Waals surface area contributed by atoms with Crippen LogP contribution in [0.5, 0.6) is 5.75 Å². The Kier molecular flexibility index (Phi) is 6.95. The van der Waals surface area contributed by atoms with Crippen molar-refractivity contribution in [1.29, 1.82) is 0 Å². The van der Waals surface area contributed by atoms with Gasteiger partial charge >= 0.3 is 5.69 Å². The lowest BCUT2D eigenvalue weighted by Crippen LogP contribution is -2.34. The molecule has 0 atom stereocenters. The van der Waals surface area contributed by atoms with E-state index in [1.807, 2.05) is 6.07 Å². The van der Waals surface area contributed by atoms with E-state index in [1.54, 1.807) is 48.5 Å². The molecule has 0 saturated carbocycles. The molecule has 0 aliphatic carbocycles. The topological polar surface area (TPSA) is 131 Å². The highest BCUT2D eigenvalue weighted by Crippen LogP contribution is 2.29. The molecule has 30 heavy (non-hydrogen) atoms. The number of halogens is 1. The Hall–Kier alpha value is -3.92. The summed E-state index contributed by atoms with van der Waals surface area (Å²) in [4.78, 5) is 30.6. The summed E-state index contributed by atoms with van der Waals surface area (Å²) in [6, 6.07) is 15.9. The minimum atomic E-state index is -0.649. The van der Waals surface area contributed by atoms with Crippen molar-refractivity contribution in [2.75, 3.05) is 17.3 Å². The van der Waals surface area contributed by atoms with Crippen LogP contribution in [0.4, 0.5) is 17.3 Å². The van der Waals surface area contributed by atoms with E-state index in [2.05, 4.69) is 26.1 Å². The molecule has 10 nitrogen and oxygen atoms in total. The van der Waals surface area contributed by atoms with Gasteiger partial charge in [0.15, 0.2) is 6.61 Å². The molecule has 0 radical (unpaired) electrons. The van der Waals surface area contributed by atoms with Gasteiger partial charge in [-0.15, -0.1) is 0 Å². The van der Waals surface area contributed by atoms with Crippen molar-refractivity contribution in [2.24, 2.45) is 0 Å². The number of para-hydroxylation sites is 1. The summed E-state index contributed by atoms with van der Waals surface area (Å²) in [6.07, 6.45) is 1.14. The third-order valence-corrected chi connectivity index (χ3v) is 4.21. The number of amides is 1. The van der Waals surface area contributed by atoms with Crippen LogP contribution < -0.4 is 20.9 Å². The maximum atomic E-state index is 12.0. The first kappa shape index (κ1) is 20.8. The SMILES string of the molecule is O=C(COc1ccccc1)NNc1ncnc(NCc2ccccc2Cl)c1[N+](=O)[O-]. The zero-order valence-corrected chi connectivity index (χ0v) is 16.3. The summed E-state index contributed by atoms with van der Waals surface area (Å²) >= 11 is 6.10. The first-order chi connectivity index (χ1) is 14.5. The van der Waals surface area contributed by atoms with Crippen LogP contribution in [0.25, 0.3) is 0 Å². The summed E-state index contributed by atoms with van der Waals surface area (Å²) in [6.45, 7) is -0.0677. The average Bonchev–Trinajstić information content (AvgIpc) is 2.76. The molecule has 0 bridgehead atoms. The molecule has 3 N–H and O–H groups in total. The van der Waals surface area contributed by atoms with Gasteiger partial charge in [0.05, 0.1) is 4.92 Å². The van der Waals surface area contributed by atoms with Crippen molar-refractivity contribution >= 4 is 34.8 Å². The van der Waals surface area contributed by atoms with Crippen LogP contribution in [-0.4, -0.2) is 27.4 Å². The number of rotatable bonds is 9. The van der Waals surface area contributed by atoms with Gasteiger partial charge in [0, 0.05) is 11.6 Å². The number of carbonyl (C=O) groups excluding carboxylic acids is 1. The molecule has 3 rings (SSSR count). The van der Waals surface area contributed by atoms with Crippen molar-refractivity contribution in [1.82, 2.24) is 15.4 Å². The predicted molar refractivity (Wildman–Crippen MR) is 111 cm³/mol. The molecule has 154 valence electrons. The fourth-order valence-electron chi connectivity index (χ4n) is 2.42. The van der Waals surface area contributed by atoms with Crippen LogP contribution in [0.3, 0.4) is 0 Å². The van der Waals surface area contributed by atoms with E-state index in [0.29, 0.717) is 10.8 Å². The first-order valence-corrected chi connectivity index (χ1v) is 9.11. The lowest BCUT2D eigenvalue weighted by molar-refractivity contribution is -0.383. The molecule has 3 aromatic rings. The van der Waals surface area contributed by atoms with Crippen molar-refractivity contribution < 1.29 is 14.5 Å². The Morgan fingerprint density at radius 1 is 1.07 bits per heavy atom. The molecular weight excluding hydrogens is 412 g/mol. The summed E-state index contributed by atoms with van der Waals surface area (Å²) in [5.41, 5.74) is 5.08. The second-order valence-electron chi connectivity index (χ2n) is 5.90. The quantitative estimate of drug-likeness (QED) is 0.350. The molecule has 0 unspecified atom stereocenters. The van der Waals surface area contributed by atoms with Crippen molar-refractivity contribution in [3.63, 3.8) is 0 Å². The van der Waals surface area contributed by atoms with Crippen LogP contribution in [0.2, 0.25) is 5.02 Å². The third kappa shape index (κ3) is 5.55. The number of carbonyl (C=O) groups is 1. The standard InChI is InChI=1S/C19H17ClN6O4/c20-15-9-5-4-6-13(15)10-21-18-17(26(28)29)19(23-12-22-18)25-24-16(27)11-30-14-7-2-1-3-8-14/h1-9,12H,10-11H2,(H,24,27)(H2,21,22,23,25). The maximum absolute atomic E-state index is 12.0. The molecule has 0 saturated heterocycles. The molecule has 0 fully saturated rings. The van der Waals surface area contributed by atoms with Crippen LogP contribution >= 0.6 is 11.6 Å². The fraction of sp³-hybridized carbons (Fsp3) is 0.105. The van der Waals surface area contributed by atoms with E-state index >= 15 is 0 Å². The second kappa shape index (κ2) is 10.0. The van der Waals surface area contributed by atoms with Gasteiger partial charge in [0.2, 0.25) is 11.6 Å². The Bertz CT molecular complexity index is 1030. The van der Waals surface area contributed by atoms with Crippen molar-refractivity contribution in [3.05, 3.63) is 81.6 Å². The van der Waals surface area contributed by atoms with Gasteiger partial charge in [-0.05, 0) is 23.8 Å². The molecule has 2 aromatic carbocycles. The van der Waals surface area contributed by atoms with Crippen LogP contribution in [-0.2, 0) is 11.3 Å². The van der Waals surface area contributed by atoms with Crippen molar-refractivity contribution in [2.45, 2.75) is 6.54 Å². The van der Waals surface area contributed by atoms with Gasteiger partial charge in [-0.2, -0.15) is 0 Å². The minimum Gasteiger partial charge on any atom is -0.484 e. The Morgan fingerprint density at radius 2 is 1.77 bits per heavy atom. The lowest BCUT2D eigenvalue weighted by atomic mass is 10.2. The molecule has 1 amide bonds. The molecule has 0 spiro atoms. The summed E-state index contributed by atoms with van der Waals surface area (Å²) < 4.78 is 5.31. The largest absolute Gasteiger partial charge is 0.484 e. The number of hydrazine groups is 1. The summed E-state index contributed by atoms with van der Waals surface area (Å²) in [5.74, 6) is -0.221. The van der Waals surface area contributed by atoms with Crippen LogP contribution in [0.15, 0.2) is 60.9 Å². The maximum Gasteiger partial charge on any atom is 0.354 e. The van der Waals surface area contributed by atoms with Crippen LogP contribution in [0, 0.1) is 10.1 Å². The lowest BCUT2D eigenvalue weighted by Gasteiger charge is -2.12. The highest BCUT2D eigenvalue weighted by Gasteiger charge is 2.23. The number of ether oxygens (including phenoxy) is 1. The highest BCUT2D eigenvalue weighted by molar-refractivity contribution is 6.31.